The number of rotatable bonds is 3. The fourth-order valence-corrected chi connectivity index (χ4v) is 3.47. The van der Waals surface area contributed by atoms with Crippen molar-refractivity contribution in [2.24, 2.45) is 16.7 Å². The summed E-state index contributed by atoms with van der Waals surface area (Å²) in [6.07, 6.45) is 0. The zero-order chi connectivity index (χ0) is 14.4. The van der Waals surface area contributed by atoms with E-state index in [-0.39, 0.29) is 22.7 Å². The third-order valence-corrected chi connectivity index (χ3v) is 5.45. The topological polar surface area (TPSA) is 20.3 Å². The lowest BCUT2D eigenvalue weighted by molar-refractivity contribution is -0.133. The summed E-state index contributed by atoms with van der Waals surface area (Å²) in [6.45, 7) is 9.40. The van der Waals surface area contributed by atoms with Gasteiger partial charge in [0.05, 0.1) is 0 Å². The van der Waals surface area contributed by atoms with Crippen LogP contribution in [0.15, 0.2) is 28.7 Å². The van der Waals surface area contributed by atoms with E-state index in [0.29, 0.717) is 6.54 Å². The van der Waals surface area contributed by atoms with Crippen LogP contribution in [-0.4, -0.2) is 17.9 Å². The van der Waals surface area contributed by atoms with Gasteiger partial charge in [-0.1, -0.05) is 55.8 Å². The zero-order valence-corrected chi connectivity index (χ0v) is 13.9. The Labute approximate surface area is 124 Å². The third-order valence-electron chi connectivity index (χ3n) is 4.95. The standard InChI is InChI=1S/C16H22BrNO/c1-15(2)13(16(15,3)4)14(19)18(5)10-11-7-6-8-12(17)9-11/h6-9,13H,10H2,1-5H3. The summed E-state index contributed by atoms with van der Waals surface area (Å²) in [5, 5.41) is 0. The Bertz CT molecular complexity index is 493. The smallest absolute Gasteiger partial charge is 0.226 e. The van der Waals surface area contributed by atoms with Crippen molar-refractivity contribution in [2.45, 2.75) is 34.2 Å². The molecule has 1 aliphatic rings. The molecule has 0 heterocycles. The van der Waals surface area contributed by atoms with Crippen molar-refractivity contribution >= 4 is 21.8 Å². The van der Waals surface area contributed by atoms with Crippen LogP contribution in [0.5, 0.6) is 0 Å². The average Bonchev–Trinajstić information content (AvgIpc) is 2.68. The highest BCUT2D eigenvalue weighted by molar-refractivity contribution is 9.10. The fourth-order valence-electron chi connectivity index (χ4n) is 3.02. The van der Waals surface area contributed by atoms with E-state index in [4.69, 9.17) is 0 Å². The van der Waals surface area contributed by atoms with Gasteiger partial charge in [-0.2, -0.15) is 0 Å². The fraction of sp³-hybridized carbons (Fsp3) is 0.562. The summed E-state index contributed by atoms with van der Waals surface area (Å²) < 4.78 is 1.05. The second-order valence-electron chi connectivity index (χ2n) is 6.70. The van der Waals surface area contributed by atoms with Crippen LogP contribution in [0.4, 0.5) is 0 Å². The average molecular weight is 324 g/mol. The number of hydrogen-bond donors (Lipinski definition) is 0. The van der Waals surface area contributed by atoms with Crippen molar-refractivity contribution in [3.8, 4) is 0 Å². The first-order chi connectivity index (χ1) is 8.68. The van der Waals surface area contributed by atoms with Gasteiger partial charge in [0, 0.05) is 24.0 Å². The lowest BCUT2D eigenvalue weighted by Crippen LogP contribution is -2.29. The molecule has 1 fully saturated rings. The molecule has 1 aromatic rings. The number of benzene rings is 1. The molecule has 19 heavy (non-hydrogen) atoms. The van der Waals surface area contributed by atoms with Crippen molar-refractivity contribution in [1.29, 1.82) is 0 Å². The first-order valence-corrected chi connectivity index (χ1v) is 7.46. The Morgan fingerprint density at radius 3 is 2.32 bits per heavy atom. The number of carbonyl (C=O) groups excluding carboxylic acids is 1. The molecule has 1 saturated carbocycles. The number of halogens is 1. The first kappa shape index (κ1) is 14.6. The predicted molar refractivity (Wildman–Crippen MR) is 81.7 cm³/mol. The van der Waals surface area contributed by atoms with E-state index in [0.717, 1.165) is 10.0 Å². The van der Waals surface area contributed by atoms with Crippen molar-refractivity contribution in [2.75, 3.05) is 7.05 Å². The minimum atomic E-state index is 0.107. The molecule has 1 aromatic carbocycles. The molecule has 2 nitrogen and oxygen atoms in total. The van der Waals surface area contributed by atoms with Gasteiger partial charge in [0.15, 0.2) is 0 Å². The van der Waals surface area contributed by atoms with Gasteiger partial charge in [-0.05, 0) is 28.5 Å². The summed E-state index contributed by atoms with van der Waals surface area (Å²) in [7, 11) is 1.90. The molecular weight excluding hydrogens is 302 g/mol. The molecule has 0 spiro atoms. The van der Waals surface area contributed by atoms with Gasteiger partial charge >= 0.3 is 0 Å². The van der Waals surface area contributed by atoms with Crippen LogP contribution in [-0.2, 0) is 11.3 Å². The molecule has 0 unspecified atom stereocenters. The molecule has 0 N–H and O–H groups in total. The molecule has 1 aliphatic carbocycles. The quantitative estimate of drug-likeness (QED) is 0.820. The van der Waals surface area contributed by atoms with Gasteiger partial charge < -0.3 is 4.90 Å². The van der Waals surface area contributed by atoms with Crippen LogP contribution in [0, 0.1) is 16.7 Å². The lowest BCUT2D eigenvalue weighted by Gasteiger charge is -2.18. The highest BCUT2D eigenvalue weighted by atomic mass is 79.9. The molecule has 0 radical (unpaired) electrons. The van der Waals surface area contributed by atoms with Gasteiger partial charge in [0.1, 0.15) is 0 Å². The zero-order valence-electron chi connectivity index (χ0n) is 12.3. The predicted octanol–water partition coefficient (Wildman–Crippen LogP) is 4.09. The number of amides is 1. The molecule has 0 aromatic heterocycles. The van der Waals surface area contributed by atoms with E-state index in [1.807, 2.05) is 24.1 Å². The molecule has 0 atom stereocenters. The Balaban J connectivity index is 2.06. The highest BCUT2D eigenvalue weighted by Gasteiger charge is 2.68. The van der Waals surface area contributed by atoms with E-state index < -0.39 is 0 Å². The summed E-state index contributed by atoms with van der Waals surface area (Å²) in [4.78, 5) is 14.4. The molecule has 0 saturated heterocycles. The van der Waals surface area contributed by atoms with Crippen LogP contribution >= 0.6 is 15.9 Å². The van der Waals surface area contributed by atoms with Gasteiger partial charge in [-0.25, -0.2) is 0 Å². The summed E-state index contributed by atoms with van der Waals surface area (Å²) in [6, 6.07) is 8.12. The molecular formula is C16H22BrNO. The number of nitrogens with zero attached hydrogens (tertiary/aromatic N) is 1. The molecule has 0 bridgehead atoms. The van der Waals surface area contributed by atoms with Crippen molar-refractivity contribution < 1.29 is 4.79 Å². The van der Waals surface area contributed by atoms with Crippen molar-refractivity contribution in [3.63, 3.8) is 0 Å². The van der Waals surface area contributed by atoms with E-state index in [1.165, 1.54) is 0 Å². The first-order valence-electron chi connectivity index (χ1n) is 6.67. The van der Waals surface area contributed by atoms with Gasteiger partial charge in [0.2, 0.25) is 5.91 Å². The van der Waals surface area contributed by atoms with E-state index >= 15 is 0 Å². The monoisotopic (exact) mass is 323 g/mol. The van der Waals surface area contributed by atoms with Crippen LogP contribution in [0.1, 0.15) is 33.3 Å². The van der Waals surface area contributed by atoms with Crippen LogP contribution in [0.3, 0.4) is 0 Å². The minimum Gasteiger partial charge on any atom is -0.341 e. The van der Waals surface area contributed by atoms with E-state index in [9.17, 15) is 4.79 Å². The number of hydrogen-bond acceptors (Lipinski definition) is 1. The normalized spacial score (nSPS) is 20.1. The maximum absolute atomic E-state index is 12.5. The molecule has 3 heteroatoms. The van der Waals surface area contributed by atoms with Gasteiger partial charge in [0.25, 0.3) is 0 Å². The van der Waals surface area contributed by atoms with Gasteiger partial charge in [-0.15, -0.1) is 0 Å². The molecule has 1 amide bonds. The van der Waals surface area contributed by atoms with Crippen LogP contribution in [0.25, 0.3) is 0 Å². The number of carbonyl (C=O) groups is 1. The minimum absolute atomic E-state index is 0.107. The Morgan fingerprint density at radius 1 is 1.26 bits per heavy atom. The maximum Gasteiger partial charge on any atom is 0.226 e. The summed E-state index contributed by atoms with van der Waals surface area (Å²) in [5.41, 5.74) is 1.37. The Morgan fingerprint density at radius 2 is 1.84 bits per heavy atom. The second kappa shape index (κ2) is 4.62. The molecule has 104 valence electrons. The SMILES string of the molecule is CN(Cc1cccc(Br)c1)C(=O)C1C(C)(C)C1(C)C. The largest absolute Gasteiger partial charge is 0.341 e. The summed E-state index contributed by atoms with van der Waals surface area (Å²) in [5.74, 6) is 0.395. The Hall–Kier alpha value is -0.830. The van der Waals surface area contributed by atoms with Crippen LogP contribution in [0.2, 0.25) is 0 Å². The van der Waals surface area contributed by atoms with Crippen molar-refractivity contribution in [3.05, 3.63) is 34.3 Å². The van der Waals surface area contributed by atoms with Crippen LogP contribution < -0.4 is 0 Å². The molecule has 2 rings (SSSR count). The van der Waals surface area contributed by atoms with Gasteiger partial charge in [-0.3, -0.25) is 4.79 Å². The lowest BCUT2D eigenvalue weighted by atomic mass is 10.0. The maximum atomic E-state index is 12.5. The molecule has 0 aliphatic heterocycles. The van der Waals surface area contributed by atoms with E-state index in [1.54, 1.807) is 0 Å². The summed E-state index contributed by atoms with van der Waals surface area (Å²) >= 11 is 3.46. The van der Waals surface area contributed by atoms with Crippen molar-refractivity contribution in [1.82, 2.24) is 4.90 Å². The second-order valence-corrected chi connectivity index (χ2v) is 7.62. The highest BCUT2D eigenvalue weighted by Crippen LogP contribution is 2.68. The van der Waals surface area contributed by atoms with E-state index in [2.05, 4.69) is 55.8 Å². The Kier molecular flexibility index (Phi) is 3.54. The third kappa shape index (κ3) is 2.45.